The second kappa shape index (κ2) is 8.08. The molecule has 0 aromatic rings. The second-order valence-electron chi connectivity index (χ2n) is 4.58. The van der Waals surface area contributed by atoms with Crippen molar-refractivity contribution in [2.75, 3.05) is 13.2 Å². The summed E-state index contributed by atoms with van der Waals surface area (Å²) in [4.78, 5) is 13.9. The maximum absolute atomic E-state index is 12.3. The molecule has 0 radical (unpaired) electrons. The van der Waals surface area contributed by atoms with Gasteiger partial charge >= 0.3 is 0 Å². The Balaban J connectivity index is 4.92. The Labute approximate surface area is 104 Å². The summed E-state index contributed by atoms with van der Waals surface area (Å²) >= 11 is 0. The molecule has 0 rings (SSSR count). The molecule has 1 atom stereocenters. The lowest BCUT2D eigenvalue weighted by Gasteiger charge is -2.32. The van der Waals surface area contributed by atoms with Crippen LogP contribution in [0.5, 0.6) is 0 Å². The Morgan fingerprint density at radius 2 is 1.88 bits per heavy atom. The van der Waals surface area contributed by atoms with E-state index in [0.29, 0.717) is 6.54 Å². The van der Waals surface area contributed by atoms with Crippen LogP contribution in [0, 0.1) is 23.2 Å². The van der Waals surface area contributed by atoms with E-state index in [-0.39, 0.29) is 24.5 Å². The van der Waals surface area contributed by atoms with Crippen LogP contribution in [-0.4, -0.2) is 35.1 Å². The van der Waals surface area contributed by atoms with Gasteiger partial charge in [0.05, 0.1) is 12.7 Å². The Bertz CT molecular complexity index is 267. The Morgan fingerprint density at radius 1 is 1.35 bits per heavy atom. The highest BCUT2D eigenvalue weighted by Crippen LogP contribution is 2.17. The summed E-state index contributed by atoms with van der Waals surface area (Å²) < 4.78 is 0. The lowest BCUT2D eigenvalue weighted by atomic mass is 9.94. The first-order valence-electron chi connectivity index (χ1n) is 6.34. The fourth-order valence-electron chi connectivity index (χ4n) is 1.98. The van der Waals surface area contributed by atoms with Crippen LogP contribution in [0.25, 0.3) is 0 Å². The van der Waals surface area contributed by atoms with E-state index in [2.05, 4.69) is 6.07 Å². The number of hydrogen-bond donors (Lipinski definition) is 1. The van der Waals surface area contributed by atoms with E-state index in [0.717, 1.165) is 12.8 Å². The van der Waals surface area contributed by atoms with Gasteiger partial charge in [-0.3, -0.25) is 4.79 Å². The molecular weight excluding hydrogens is 216 g/mol. The third kappa shape index (κ3) is 4.35. The highest BCUT2D eigenvalue weighted by Gasteiger charge is 2.29. The largest absolute Gasteiger partial charge is 0.395 e. The van der Waals surface area contributed by atoms with Crippen LogP contribution < -0.4 is 0 Å². The van der Waals surface area contributed by atoms with Crippen molar-refractivity contribution in [1.82, 2.24) is 4.90 Å². The van der Waals surface area contributed by atoms with Crippen molar-refractivity contribution in [1.29, 1.82) is 5.26 Å². The van der Waals surface area contributed by atoms with Crippen LogP contribution in [0.4, 0.5) is 0 Å². The molecule has 98 valence electrons. The number of aliphatic hydroxyl groups is 1. The minimum absolute atomic E-state index is 0.00283. The van der Waals surface area contributed by atoms with Crippen molar-refractivity contribution in [2.24, 2.45) is 11.8 Å². The van der Waals surface area contributed by atoms with Gasteiger partial charge in [0.25, 0.3) is 0 Å². The molecule has 4 nitrogen and oxygen atoms in total. The highest BCUT2D eigenvalue weighted by molar-refractivity contribution is 5.81. The van der Waals surface area contributed by atoms with E-state index in [4.69, 9.17) is 10.4 Å². The molecule has 0 aliphatic rings. The summed E-state index contributed by atoms with van der Waals surface area (Å²) in [6.45, 7) is 8.03. The number of nitrogens with zero attached hydrogens (tertiary/aromatic N) is 2. The standard InChI is InChI=1S/C13H24N2O2/c1-5-11(6-2)15(7-8-16)13(17)12(9-14)10(3)4/h10-12,16H,5-8H2,1-4H3. The predicted molar refractivity (Wildman–Crippen MR) is 67.1 cm³/mol. The van der Waals surface area contributed by atoms with Crippen LogP contribution in [0.1, 0.15) is 40.5 Å². The summed E-state index contributed by atoms with van der Waals surface area (Å²) in [6.07, 6.45) is 1.69. The summed E-state index contributed by atoms with van der Waals surface area (Å²) in [5, 5.41) is 18.1. The lowest BCUT2D eigenvalue weighted by molar-refractivity contribution is -0.138. The first kappa shape index (κ1) is 15.9. The van der Waals surface area contributed by atoms with Crippen LogP contribution >= 0.6 is 0 Å². The number of carbonyl (C=O) groups excluding carboxylic acids is 1. The van der Waals surface area contributed by atoms with Crippen LogP contribution in [-0.2, 0) is 4.79 Å². The number of amides is 1. The third-order valence-corrected chi connectivity index (χ3v) is 3.08. The zero-order valence-electron chi connectivity index (χ0n) is 11.3. The Hall–Kier alpha value is -1.08. The van der Waals surface area contributed by atoms with Gasteiger partial charge in [-0.05, 0) is 18.8 Å². The third-order valence-electron chi connectivity index (χ3n) is 3.08. The molecular formula is C13H24N2O2. The Morgan fingerprint density at radius 3 is 2.18 bits per heavy atom. The van der Waals surface area contributed by atoms with Gasteiger partial charge in [-0.1, -0.05) is 27.7 Å². The quantitative estimate of drug-likeness (QED) is 0.738. The Kier molecular flexibility index (Phi) is 7.56. The predicted octanol–water partition coefficient (Wildman–Crippen LogP) is 1.79. The van der Waals surface area contributed by atoms with Gasteiger partial charge < -0.3 is 10.0 Å². The number of rotatable bonds is 7. The number of carbonyl (C=O) groups is 1. The first-order valence-corrected chi connectivity index (χ1v) is 6.34. The minimum Gasteiger partial charge on any atom is -0.395 e. The van der Waals surface area contributed by atoms with Gasteiger partial charge in [-0.25, -0.2) is 0 Å². The molecule has 1 unspecified atom stereocenters. The normalized spacial score (nSPS) is 12.6. The zero-order valence-corrected chi connectivity index (χ0v) is 11.3. The van der Waals surface area contributed by atoms with Gasteiger partial charge in [0, 0.05) is 12.6 Å². The average molecular weight is 240 g/mol. The van der Waals surface area contributed by atoms with Gasteiger partial charge in [0.15, 0.2) is 0 Å². The monoisotopic (exact) mass is 240 g/mol. The highest BCUT2D eigenvalue weighted by atomic mass is 16.3. The van der Waals surface area contributed by atoms with Gasteiger partial charge in [-0.15, -0.1) is 0 Å². The summed E-state index contributed by atoms with van der Waals surface area (Å²) in [7, 11) is 0. The lowest BCUT2D eigenvalue weighted by Crippen LogP contribution is -2.45. The van der Waals surface area contributed by atoms with Crippen molar-refractivity contribution in [3.05, 3.63) is 0 Å². The number of nitriles is 1. The van der Waals surface area contributed by atoms with E-state index in [1.54, 1.807) is 4.90 Å². The molecule has 0 bridgehead atoms. The molecule has 0 aromatic carbocycles. The van der Waals surface area contributed by atoms with E-state index < -0.39 is 5.92 Å². The van der Waals surface area contributed by atoms with E-state index in [1.165, 1.54) is 0 Å². The van der Waals surface area contributed by atoms with E-state index >= 15 is 0 Å². The molecule has 0 saturated carbocycles. The van der Waals surface area contributed by atoms with Gasteiger partial charge in [0.1, 0.15) is 5.92 Å². The molecule has 17 heavy (non-hydrogen) atoms. The molecule has 0 fully saturated rings. The maximum atomic E-state index is 12.3. The number of aliphatic hydroxyl groups excluding tert-OH is 1. The van der Waals surface area contributed by atoms with Crippen molar-refractivity contribution < 1.29 is 9.90 Å². The molecule has 0 aliphatic heterocycles. The van der Waals surface area contributed by atoms with Gasteiger partial charge in [-0.2, -0.15) is 5.26 Å². The van der Waals surface area contributed by atoms with Crippen molar-refractivity contribution in [3.8, 4) is 6.07 Å². The van der Waals surface area contributed by atoms with Crippen LogP contribution in [0.15, 0.2) is 0 Å². The molecule has 0 spiro atoms. The zero-order chi connectivity index (χ0) is 13.4. The van der Waals surface area contributed by atoms with Crippen molar-refractivity contribution in [3.63, 3.8) is 0 Å². The molecule has 0 saturated heterocycles. The molecule has 4 heteroatoms. The summed E-state index contributed by atoms with van der Waals surface area (Å²) in [5.41, 5.74) is 0. The molecule has 1 amide bonds. The maximum Gasteiger partial charge on any atom is 0.240 e. The van der Waals surface area contributed by atoms with Gasteiger partial charge in [0.2, 0.25) is 5.91 Å². The average Bonchev–Trinajstić information content (AvgIpc) is 2.29. The first-order chi connectivity index (χ1) is 8.03. The summed E-state index contributed by atoms with van der Waals surface area (Å²) in [5.74, 6) is -0.754. The molecule has 0 heterocycles. The SMILES string of the molecule is CCC(CC)N(CCO)C(=O)C(C#N)C(C)C. The van der Waals surface area contributed by atoms with Crippen molar-refractivity contribution in [2.45, 2.75) is 46.6 Å². The smallest absolute Gasteiger partial charge is 0.240 e. The fraction of sp³-hybridized carbons (Fsp3) is 0.846. The topological polar surface area (TPSA) is 64.3 Å². The fourth-order valence-corrected chi connectivity index (χ4v) is 1.98. The molecule has 1 N–H and O–H groups in total. The van der Waals surface area contributed by atoms with Crippen molar-refractivity contribution >= 4 is 5.91 Å². The summed E-state index contributed by atoms with van der Waals surface area (Å²) in [6, 6.07) is 2.19. The second-order valence-corrected chi connectivity index (χ2v) is 4.58. The molecule has 0 aliphatic carbocycles. The number of hydrogen-bond acceptors (Lipinski definition) is 3. The van der Waals surface area contributed by atoms with E-state index in [1.807, 2.05) is 27.7 Å². The van der Waals surface area contributed by atoms with Crippen LogP contribution in [0.2, 0.25) is 0 Å². The van der Waals surface area contributed by atoms with Crippen LogP contribution in [0.3, 0.4) is 0 Å². The minimum atomic E-state index is -0.609. The molecule has 0 aromatic heterocycles. The van der Waals surface area contributed by atoms with E-state index in [9.17, 15) is 4.79 Å².